The molecule has 2 atom stereocenters. The van der Waals surface area contributed by atoms with Gasteiger partial charge in [0.1, 0.15) is 18.4 Å². The van der Waals surface area contributed by atoms with Crippen molar-refractivity contribution >= 4 is 5.97 Å². The fraction of sp³-hybridized carbons (Fsp3) is 0.588. The smallest absolute Gasteiger partial charge is 0.330 e. The van der Waals surface area contributed by atoms with Crippen LogP contribution in [0.3, 0.4) is 0 Å². The van der Waals surface area contributed by atoms with Crippen molar-refractivity contribution in [2.45, 2.75) is 45.4 Å². The molecule has 0 aromatic carbocycles. The van der Waals surface area contributed by atoms with E-state index in [1.807, 2.05) is 0 Å². The van der Waals surface area contributed by atoms with Crippen LogP contribution in [-0.2, 0) is 14.3 Å². The number of rotatable bonds is 4. The van der Waals surface area contributed by atoms with Gasteiger partial charge in [-0.1, -0.05) is 26.2 Å². The molecule has 1 saturated heterocycles. The van der Waals surface area contributed by atoms with Gasteiger partial charge in [0.2, 0.25) is 0 Å². The number of ether oxygens (including phenoxy) is 2. The Hall–Kier alpha value is -2.41. The minimum Gasteiger partial charge on any atom is -0.462 e. The highest BCUT2D eigenvalue weighted by atomic mass is 16.6. The summed E-state index contributed by atoms with van der Waals surface area (Å²) >= 11 is 0. The second-order valence-electron chi connectivity index (χ2n) is 5.24. The van der Waals surface area contributed by atoms with Gasteiger partial charge in [-0.3, -0.25) is 19.1 Å². The van der Waals surface area contributed by atoms with Gasteiger partial charge < -0.3 is 20.3 Å². The molecule has 0 saturated carbocycles. The van der Waals surface area contributed by atoms with Crippen LogP contribution in [0.5, 0.6) is 0 Å². The maximum absolute atomic E-state index is 11.8. The quantitative estimate of drug-likeness (QED) is 0.490. The lowest BCUT2D eigenvalue weighted by Crippen LogP contribution is -2.34. The third kappa shape index (κ3) is 7.23. The molecule has 2 rings (SSSR count). The number of aliphatic hydroxyl groups is 1. The second kappa shape index (κ2) is 12.9. The molecule has 1 aromatic heterocycles. The summed E-state index contributed by atoms with van der Waals surface area (Å²) in [6, 6.07) is 0. The predicted molar refractivity (Wildman–Crippen MR) is 96.5 cm³/mol. The number of aliphatic hydroxyl groups excluding tert-OH is 1. The highest BCUT2D eigenvalue weighted by Gasteiger charge is 2.28. The molecule has 0 bridgehead atoms. The molecule has 0 radical (unpaired) electrons. The summed E-state index contributed by atoms with van der Waals surface area (Å²) in [5.41, 5.74) is 3.98. The van der Waals surface area contributed by atoms with Gasteiger partial charge in [0.15, 0.2) is 0 Å². The van der Waals surface area contributed by atoms with Gasteiger partial charge in [0.05, 0.1) is 12.6 Å². The van der Waals surface area contributed by atoms with Crippen molar-refractivity contribution in [3.8, 4) is 12.3 Å². The van der Waals surface area contributed by atoms with Crippen LogP contribution in [0.25, 0.3) is 0 Å². The summed E-state index contributed by atoms with van der Waals surface area (Å²) in [4.78, 5) is 36.3. The lowest BCUT2D eigenvalue weighted by atomic mass is 10.2. The zero-order chi connectivity index (χ0) is 20.1. The first-order valence-corrected chi connectivity index (χ1v) is 8.24. The lowest BCUT2D eigenvalue weighted by Gasteiger charge is -2.15. The number of terminal acetylenes is 1. The van der Waals surface area contributed by atoms with Gasteiger partial charge >= 0.3 is 11.7 Å². The molecule has 0 aliphatic carbocycles. The minimum atomic E-state index is -0.606. The van der Waals surface area contributed by atoms with Crippen LogP contribution in [0.2, 0.25) is 0 Å². The Morgan fingerprint density at radius 3 is 2.62 bits per heavy atom. The Bertz CT molecular complexity index is 704. The summed E-state index contributed by atoms with van der Waals surface area (Å²) in [6.45, 7) is 4.13. The summed E-state index contributed by atoms with van der Waals surface area (Å²) in [7, 11) is 1.00. The average Bonchev–Trinajstić information content (AvgIpc) is 3.11. The topological polar surface area (TPSA) is 137 Å². The van der Waals surface area contributed by atoms with Gasteiger partial charge in [0.25, 0.3) is 5.56 Å². The van der Waals surface area contributed by atoms with Crippen molar-refractivity contribution in [1.29, 1.82) is 0 Å². The van der Waals surface area contributed by atoms with E-state index < -0.39 is 23.4 Å². The zero-order valence-corrected chi connectivity index (χ0v) is 15.4. The number of nitrogens with one attached hydrogen (secondary N) is 1. The highest BCUT2D eigenvalue weighted by Crippen LogP contribution is 2.27. The first kappa shape index (κ1) is 23.6. The Balaban J connectivity index is 0.00000113. The van der Waals surface area contributed by atoms with Crippen molar-refractivity contribution in [2.75, 3.05) is 20.3 Å². The van der Waals surface area contributed by atoms with Gasteiger partial charge in [0, 0.05) is 13.3 Å². The Labute approximate surface area is 152 Å². The molecule has 1 aromatic rings. The Morgan fingerprint density at radius 1 is 1.46 bits per heavy atom. The van der Waals surface area contributed by atoms with E-state index in [-0.39, 0.29) is 24.8 Å². The maximum Gasteiger partial charge on any atom is 0.330 e. The monoisotopic (exact) mass is 369 g/mol. The van der Waals surface area contributed by atoms with Gasteiger partial charge in [-0.2, -0.15) is 0 Å². The van der Waals surface area contributed by atoms with E-state index in [0.717, 1.165) is 7.11 Å². The molecule has 2 heterocycles. The molecular weight excluding hydrogens is 342 g/mol. The fourth-order valence-electron chi connectivity index (χ4n) is 2.06. The molecule has 2 unspecified atom stereocenters. The van der Waals surface area contributed by atoms with Crippen molar-refractivity contribution in [3.63, 3.8) is 0 Å². The molecule has 9 nitrogen and oxygen atoms in total. The number of nitrogens with zero attached hydrogens (tertiary/aromatic N) is 1. The van der Waals surface area contributed by atoms with E-state index in [1.54, 1.807) is 0 Å². The standard InChI is InChI=1S/C13H15N3O5.C3H8.CH4O/c1-2-8-6-16(13(19)15-12(8)18)10-4-3-9(21-10)7-20-11(17)5-14;1-3-2;1-2/h1,6,9-10H,3-5,7,14H2,(H,15,18,19);3H2,1-2H3;2H,1H3. The number of hydrogen-bond acceptors (Lipinski definition) is 7. The van der Waals surface area contributed by atoms with E-state index in [4.69, 9.17) is 26.7 Å². The van der Waals surface area contributed by atoms with Crippen LogP contribution in [0.4, 0.5) is 0 Å². The van der Waals surface area contributed by atoms with Gasteiger partial charge in [-0.05, 0) is 12.8 Å². The molecule has 4 N–H and O–H groups in total. The number of carbonyl (C=O) groups excluding carboxylic acids is 1. The number of nitrogens with two attached hydrogens (primary N) is 1. The van der Waals surface area contributed by atoms with Gasteiger partial charge in [-0.25, -0.2) is 4.79 Å². The Morgan fingerprint density at radius 2 is 2.08 bits per heavy atom. The van der Waals surface area contributed by atoms with Crippen LogP contribution in [0, 0.1) is 12.3 Å². The van der Waals surface area contributed by atoms with E-state index >= 15 is 0 Å². The summed E-state index contributed by atoms with van der Waals surface area (Å²) in [5.74, 6) is 1.69. The largest absolute Gasteiger partial charge is 0.462 e. The third-order valence-electron chi connectivity index (χ3n) is 3.12. The molecule has 26 heavy (non-hydrogen) atoms. The number of aromatic amines is 1. The van der Waals surface area contributed by atoms with Gasteiger partial charge in [-0.15, -0.1) is 6.42 Å². The minimum absolute atomic E-state index is 0.0520. The fourth-order valence-corrected chi connectivity index (χ4v) is 2.06. The van der Waals surface area contributed by atoms with Crippen molar-refractivity contribution < 1.29 is 19.4 Å². The summed E-state index contributed by atoms with van der Waals surface area (Å²) in [5, 5.41) is 7.00. The molecule has 9 heteroatoms. The zero-order valence-electron chi connectivity index (χ0n) is 15.4. The van der Waals surface area contributed by atoms with Crippen molar-refractivity contribution in [3.05, 3.63) is 32.6 Å². The van der Waals surface area contributed by atoms with Crippen molar-refractivity contribution in [1.82, 2.24) is 9.55 Å². The predicted octanol–water partition coefficient (Wildman–Crippen LogP) is -0.278. The SMILES string of the molecule is C#Cc1cn(C2CCC(COC(=O)CN)O2)c(=O)[nH]c1=O.CCC.CO. The number of hydrogen-bond donors (Lipinski definition) is 3. The van der Waals surface area contributed by atoms with Crippen molar-refractivity contribution in [2.24, 2.45) is 5.73 Å². The van der Waals surface area contributed by atoms with Crippen LogP contribution in [-0.4, -0.2) is 47.0 Å². The van der Waals surface area contributed by atoms with Crippen LogP contribution < -0.4 is 17.0 Å². The first-order valence-electron chi connectivity index (χ1n) is 8.24. The van der Waals surface area contributed by atoms with E-state index in [2.05, 4.69) is 24.8 Å². The molecular formula is C17H27N3O6. The molecule has 0 spiro atoms. The van der Waals surface area contributed by atoms with E-state index in [1.165, 1.54) is 17.2 Å². The number of esters is 1. The second-order valence-corrected chi connectivity index (χ2v) is 5.24. The third-order valence-corrected chi connectivity index (χ3v) is 3.12. The number of aromatic nitrogens is 2. The average molecular weight is 369 g/mol. The number of carbonyl (C=O) groups is 1. The normalized spacial score (nSPS) is 17.8. The molecule has 1 aliphatic heterocycles. The molecule has 1 aliphatic rings. The Kier molecular flexibility index (Phi) is 11.7. The molecule has 0 amide bonds. The maximum atomic E-state index is 11.8. The van der Waals surface area contributed by atoms with Crippen LogP contribution >= 0.6 is 0 Å². The highest BCUT2D eigenvalue weighted by molar-refractivity contribution is 5.71. The summed E-state index contributed by atoms with van der Waals surface area (Å²) in [6.07, 6.45) is 8.02. The molecule has 1 fully saturated rings. The molecule has 146 valence electrons. The van der Waals surface area contributed by atoms with Crippen LogP contribution in [0.15, 0.2) is 15.8 Å². The van der Waals surface area contributed by atoms with Crippen LogP contribution in [0.1, 0.15) is 44.9 Å². The lowest BCUT2D eigenvalue weighted by molar-refractivity contribution is -0.146. The first-order chi connectivity index (χ1) is 12.5. The summed E-state index contributed by atoms with van der Waals surface area (Å²) < 4.78 is 11.7. The number of H-pyrrole nitrogens is 1. The van der Waals surface area contributed by atoms with E-state index in [9.17, 15) is 14.4 Å². The van der Waals surface area contributed by atoms with E-state index in [0.29, 0.717) is 12.8 Å².